The minimum absolute atomic E-state index is 0.0568. The summed E-state index contributed by atoms with van der Waals surface area (Å²) in [5, 5.41) is 0.674. The lowest BCUT2D eigenvalue weighted by molar-refractivity contribution is 0.335. The van der Waals surface area contributed by atoms with Gasteiger partial charge in [0, 0.05) is 0 Å². The highest BCUT2D eigenvalue weighted by Crippen LogP contribution is 2.38. The van der Waals surface area contributed by atoms with Crippen LogP contribution in [-0.2, 0) is 0 Å². The van der Waals surface area contributed by atoms with Crippen molar-refractivity contribution in [2.75, 3.05) is 21.3 Å². The van der Waals surface area contributed by atoms with E-state index in [0.717, 1.165) is 5.56 Å². The molecule has 0 N–H and O–H groups in total. The normalized spacial score (nSPS) is 10.4. The zero-order chi connectivity index (χ0) is 13.3. The molecular weight excluding hydrogens is 236 g/mol. The molecule has 2 rings (SSSR count). The minimum atomic E-state index is -0.592. The molecular formula is C13H14O5. The van der Waals surface area contributed by atoms with Gasteiger partial charge in [0.25, 0.3) is 0 Å². The van der Waals surface area contributed by atoms with Crippen molar-refractivity contribution in [1.29, 1.82) is 0 Å². The molecule has 0 fully saturated rings. The summed E-state index contributed by atoms with van der Waals surface area (Å²) in [5.41, 5.74) is 0.676. The second-order valence-electron chi connectivity index (χ2n) is 3.74. The highest BCUT2D eigenvalue weighted by molar-refractivity contribution is 5.92. The van der Waals surface area contributed by atoms with Crippen LogP contribution in [-0.4, -0.2) is 21.3 Å². The number of fused-ring (bicyclic) bond motifs is 1. The maximum atomic E-state index is 11.8. The lowest BCUT2D eigenvalue weighted by atomic mass is 10.1. The molecule has 2 aromatic rings. The highest BCUT2D eigenvalue weighted by atomic mass is 16.5. The standard InChI is InChI=1S/C13H14O5/c1-7-5-6-8(15-2)10-9(7)11(16-3)12(17-4)13(14)18-10/h5-6H,1-4H3. The number of hydrogen-bond acceptors (Lipinski definition) is 5. The van der Waals surface area contributed by atoms with E-state index in [9.17, 15) is 4.79 Å². The molecule has 1 heterocycles. The second-order valence-corrected chi connectivity index (χ2v) is 3.74. The topological polar surface area (TPSA) is 57.9 Å². The summed E-state index contributed by atoms with van der Waals surface area (Å²) < 4.78 is 20.7. The van der Waals surface area contributed by atoms with Gasteiger partial charge in [0.15, 0.2) is 17.1 Å². The Labute approximate surface area is 104 Å². The number of methoxy groups -OCH3 is 3. The lowest BCUT2D eigenvalue weighted by Gasteiger charge is -2.12. The Morgan fingerprint density at radius 2 is 1.67 bits per heavy atom. The molecule has 5 nitrogen and oxygen atoms in total. The van der Waals surface area contributed by atoms with Crippen LogP contribution in [0.1, 0.15) is 5.56 Å². The van der Waals surface area contributed by atoms with E-state index >= 15 is 0 Å². The molecule has 0 amide bonds. The molecule has 0 saturated heterocycles. The summed E-state index contributed by atoms with van der Waals surface area (Å²) in [6.07, 6.45) is 0. The molecule has 0 unspecified atom stereocenters. The highest BCUT2D eigenvalue weighted by Gasteiger charge is 2.20. The van der Waals surface area contributed by atoms with Crippen molar-refractivity contribution in [2.24, 2.45) is 0 Å². The third-order valence-corrected chi connectivity index (χ3v) is 2.77. The largest absolute Gasteiger partial charge is 0.493 e. The monoisotopic (exact) mass is 250 g/mol. The molecule has 0 atom stereocenters. The van der Waals surface area contributed by atoms with Crippen LogP contribution >= 0.6 is 0 Å². The van der Waals surface area contributed by atoms with Gasteiger partial charge in [-0.05, 0) is 18.6 Å². The van der Waals surface area contributed by atoms with Gasteiger partial charge in [-0.2, -0.15) is 0 Å². The van der Waals surface area contributed by atoms with Crippen LogP contribution in [0.2, 0.25) is 0 Å². The maximum Gasteiger partial charge on any atom is 0.383 e. The van der Waals surface area contributed by atoms with E-state index in [2.05, 4.69) is 0 Å². The van der Waals surface area contributed by atoms with Gasteiger partial charge in [0.1, 0.15) is 0 Å². The molecule has 18 heavy (non-hydrogen) atoms. The molecule has 0 saturated carbocycles. The fourth-order valence-electron chi connectivity index (χ4n) is 1.92. The first kappa shape index (κ1) is 12.3. The average molecular weight is 250 g/mol. The molecule has 1 aromatic carbocycles. The summed E-state index contributed by atoms with van der Waals surface area (Å²) in [6.45, 7) is 1.89. The Hall–Kier alpha value is -2.17. The quantitative estimate of drug-likeness (QED) is 0.781. The zero-order valence-corrected chi connectivity index (χ0v) is 10.7. The fourth-order valence-corrected chi connectivity index (χ4v) is 1.92. The minimum Gasteiger partial charge on any atom is -0.493 e. The maximum absolute atomic E-state index is 11.8. The fraction of sp³-hybridized carbons (Fsp3) is 0.308. The first-order valence-corrected chi connectivity index (χ1v) is 5.36. The zero-order valence-electron chi connectivity index (χ0n) is 10.7. The van der Waals surface area contributed by atoms with Crippen LogP contribution < -0.4 is 19.8 Å². The van der Waals surface area contributed by atoms with E-state index in [1.54, 1.807) is 6.07 Å². The Morgan fingerprint density at radius 3 is 2.22 bits per heavy atom. The van der Waals surface area contributed by atoms with Crippen LogP contribution in [0.25, 0.3) is 11.0 Å². The van der Waals surface area contributed by atoms with Crippen molar-refractivity contribution in [3.63, 3.8) is 0 Å². The molecule has 0 bridgehead atoms. The number of aryl methyl sites for hydroxylation is 1. The van der Waals surface area contributed by atoms with Crippen molar-refractivity contribution in [3.8, 4) is 17.2 Å². The van der Waals surface area contributed by atoms with Crippen LogP contribution in [0.15, 0.2) is 21.3 Å². The van der Waals surface area contributed by atoms with Gasteiger partial charge >= 0.3 is 5.63 Å². The predicted octanol–water partition coefficient (Wildman–Crippen LogP) is 2.13. The Balaban J connectivity index is 3.01. The molecule has 96 valence electrons. The number of benzene rings is 1. The lowest BCUT2D eigenvalue weighted by Crippen LogP contribution is -2.07. The van der Waals surface area contributed by atoms with Gasteiger partial charge in [0.05, 0.1) is 26.7 Å². The average Bonchev–Trinajstić information content (AvgIpc) is 2.37. The van der Waals surface area contributed by atoms with Crippen molar-refractivity contribution in [1.82, 2.24) is 0 Å². The molecule has 0 spiro atoms. The molecule has 0 aliphatic rings. The van der Waals surface area contributed by atoms with Gasteiger partial charge in [0.2, 0.25) is 5.75 Å². The van der Waals surface area contributed by atoms with E-state index in [1.807, 2.05) is 13.0 Å². The van der Waals surface area contributed by atoms with Gasteiger partial charge in [-0.25, -0.2) is 4.79 Å². The Kier molecular flexibility index (Phi) is 3.14. The van der Waals surface area contributed by atoms with Gasteiger partial charge in [-0.1, -0.05) is 6.07 Å². The first-order chi connectivity index (χ1) is 8.63. The summed E-state index contributed by atoms with van der Waals surface area (Å²) in [6, 6.07) is 3.61. The number of rotatable bonds is 3. The summed E-state index contributed by atoms with van der Waals surface area (Å²) in [7, 11) is 4.40. The summed E-state index contributed by atoms with van der Waals surface area (Å²) >= 11 is 0. The van der Waals surface area contributed by atoms with E-state index in [1.165, 1.54) is 21.3 Å². The summed E-state index contributed by atoms with van der Waals surface area (Å²) in [5.74, 6) is 0.898. The van der Waals surface area contributed by atoms with Crippen molar-refractivity contribution in [2.45, 2.75) is 6.92 Å². The number of hydrogen-bond donors (Lipinski definition) is 0. The third-order valence-electron chi connectivity index (χ3n) is 2.77. The SMILES string of the molecule is COc1c(OC)c2c(C)ccc(OC)c2oc1=O. The molecule has 0 aliphatic heterocycles. The van der Waals surface area contributed by atoms with E-state index in [0.29, 0.717) is 22.5 Å². The van der Waals surface area contributed by atoms with Gasteiger partial charge in [-0.15, -0.1) is 0 Å². The third kappa shape index (κ3) is 1.68. The van der Waals surface area contributed by atoms with E-state index in [-0.39, 0.29) is 5.75 Å². The predicted molar refractivity (Wildman–Crippen MR) is 66.9 cm³/mol. The van der Waals surface area contributed by atoms with Crippen LogP contribution in [0.4, 0.5) is 0 Å². The first-order valence-electron chi connectivity index (χ1n) is 5.36. The molecule has 0 radical (unpaired) electrons. The molecule has 5 heteroatoms. The van der Waals surface area contributed by atoms with Crippen molar-refractivity contribution >= 4 is 11.0 Å². The van der Waals surface area contributed by atoms with E-state index < -0.39 is 5.63 Å². The Morgan fingerprint density at radius 1 is 1.00 bits per heavy atom. The Bertz CT molecular complexity index is 642. The smallest absolute Gasteiger partial charge is 0.383 e. The van der Waals surface area contributed by atoms with Crippen LogP contribution in [0.5, 0.6) is 17.2 Å². The second kappa shape index (κ2) is 4.60. The van der Waals surface area contributed by atoms with Crippen molar-refractivity contribution < 1.29 is 18.6 Å². The van der Waals surface area contributed by atoms with Crippen LogP contribution in [0.3, 0.4) is 0 Å². The van der Waals surface area contributed by atoms with Gasteiger partial charge in [-0.3, -0.25) is 0 Å². The van der Waals surface area contributed by atoms with Gasteiger partial charge < -0.3 is 18.6 Å². The van der Waals surface area contributed by atoms with Crippen molar-refractivity contribution in [3.05, 3.63) is 28.1 Å². The van der Waals surface area contributed by atoms with E-state index in [4.69, 9.17) is 18.6 Å². The molecule has 1 aromatic heterocycles. The summed E-state index contributed by atoms with van der Waals surface area (Å²) in [4.78, 5) is 11.8. The van der Waals surface area contributed by atoms with Crippen LogP contribution in [0, 0.1) is 6.92 Å². The molecule has 0 aliphatic carbocycles. The number of ether oxygens (including phenoxy) is 3.